The average Bonchev–Trinajstić information content (AvgIpc) is 3.34. The standard InChI is InChI=1S/C25H23F6N3O3/c1-3-5-9-15-35-20-18(24(26,27)28)12-13-19(32-20)21-33-34-22(37-21)23(14-4-2,25(29,30)31)36-16-17-10-7-6-8-11-17/h3-4,6-8,10-13H,1-2,5,9,14-16H2. The molecule has 3 rings (SSSR count). The zero-order valence-corrected chi connectivity index (χ0v) is 19.5. The molecule has 0 spiro atoms. The van der Waals surface area contributed by atoms with E-state index in [0.29, 0.717) is 24.5 Å². The summed E-state index contributed by atoms with van der Waals surface area (Å²) < 4.78 is 99.1. The number of pyridine rings is 1. The summed E-state index contributed by atoms with van der Waals surface area (Å²) in [5.41, 5.74) is -4.05. The fourth-order valence-corrected chi connectivity index (χ4v) is 3.28. The Bertz CT molecular complexity index is 1190. The van der Waals surface area contributed by atoms with Crippen molar-refractivity contribution in [2.75, 3.05) is 6.61 Å². The minimum absolute atomic E-state index is 0.0928. The summed E-state index contributed by atoms with van der Waals surface area (Å²) >= 11 is 0. The Kier molecular flexibility index (Phi) is 8.74. The minimum atomic E-state index is -5.01. The van der Waals surface area contributed by atoms with Gasteiger partial charge in [0.25, 0.3) is 11.8 Å². The topological polar surface area (TPSA) is 70.3 Å². The molecule has 0 fully saturated rings. The Morgan fingerprint density at radius 1 is 0.919 bits per heavy atom. The molecule has 0 amide bonds. The second-order valence-electron chi connectivity index (χ2n) is 7.83. The molecule has 0 saturated carbocycles. The molecule has 2 heterocycles. The molecule has 1 atom stereocenters. The SMILES string of the molecule is C=CCCCOc1nc(-c2nnc(C(CC=C)(OCc3ccccc3)C(F)(F)F)o2)ccc1C(F)(F)F. The number of halogens is 6. The van der Waals surface area contributed by atoms with Gasteiger partial charge in [0.1, 0.15) is 11.3 Å². The van der Waals surface area contributed by atoms with E-state index in [0.717, 1.165) is 12.1 Å². The molecule has 198 valence electrons. The van der Waals surface area contributed by atoms with Crippen LogP contribution in [-0.4, -0.2) is 28.0 Å². The largest absolute Gasteiger partial charge is 0.477 e. The van der Waals surface area contributed by atoms with Gasteiger partial charge in [-0.2, -0.15) is 26.3 Å². The molecule has 12 heteroatoms. The Morgan fingerprint density at radius 2 is 1.65 bits per heavy atom. The van der Waals surface area contributed by atoms with E-state index in [1.54, 1.807) is 36.4 Å². The number of unbranched alkanes of at least 4 members (excludes halogenated alkanes) is 1. The highest BCUT2D eigenvalue weighted by molar-refractivity contribution is 5.50. The van der Waals surface area contributed by atoms with E-state index in [1.165, 1.54) is 0 Å². The molecule has 37 heavy (non-hydrogen) atoms. The van der Waals surface area contributed by atoms with Crippen molar-refractivity contribution in [1.29, 1.82) is 0 Å². The Hall–Kier alpha value is -3.67. The molecule has 0 saturated heterocycles. The van der Waals surface area contributed by atoms with Crippen LogP contribution < -0.4 is 4.74 Å². The zero-order chi connectivity index (χ0) is 27.1. The fourth-order valence-electron chi connectivity index (χ4n) is 3.28. The lowest BCUT2D eigenvalue weighted by atomic mass is 9.98. The quantitative estimate of drug-likeness (QED) is 0.143. The van der Waals surface area contributed by atoms with Crippen molar-refractivity contribution in [2.45, 2.75) is 43.8 Å². The number of nitrogens with zero attached hydrogens (tertiary/aromatic N) is 3. The van der Waals surface area contributed by atoms with Crippen LogP contribution in [0.2, 0.25) is 0 Å². The number of aromatic nitrogens is 3. The fraction of sp³-hybridized carbons (Fsp3) is 0.320. The molecule has 2 aromatic heterocycles. The molecule has 0 aliphatic heterocycles. The van der Waals surface area contributed by atoms with E-state index in [2.05, 4.69) is 28.3 Å². The highest BCUT2D eigenvalue weighted by Crippen LogP contribution is 2.46. The number of alkyl halides is 6. The van der Waals surface area contributed by atoms with Crippen molar-refractivity contribution in [3.63, 3.8) is 0 Å². The van der Waals surface area contributed by atoms with Crippen LogP contribution in [-0.2, 0) is 23.1 Å². The molecule has 1 unspecified atom stereocenters. The van der Waals surface area contributed by atoms with Gasteiger partial charge in [0.05, 0.1) is 13.2 Å². The first-order chi connectivity index (χ1) is 17.5. The Morgan fingerprint density at radius 3 is 2.27 bits per heavy atom. The van der Waals surface area contributed by atoms with Crippen molar-refractivity contribution in [1.82, 2.24) is 15.2 Å². The third-order valence-corrected chi connectivity index (χ3v) is 5.16. The van der Waals surface area contributed by atoms with Gasteiger partial charge in [-0.15, -0.1) is 23.4 Å². The summed E-state index contributed by atoms with van der Waals surface area (Å²) in [4.78, 5) is 3.80. The summed E-state index contributed by atoms with van der Waals surface area (Å²) in [6.07, 6.45) is -7.09. The van der Waals surface area contributed by atoms with Crippen molar-refractivity contribution in [3.8, 4) is 17.5 Å². The van der Waals surface area contributed by atoms with Crippen LogP contribution in [0.4, 0.5) is 26.3 Å². The van der Waals surface area contributed by atoms with Gasteiger partial charge in [-0.05, 0) is 30.5 Å². The van der Waals surface area contributed by atoms with Crippen molar-refractivity contribution in [2.24, 2.45) is 0 Å². The number of benzene rings is 1. The molecule has 0 aliphatic carbocycles. The van der Waals surface area contributed by atoms with E-state index >= 15 is 0 Å². The lowest BCUT2D eigenvalue weighted by Crippen LogP contribution is -2.45. The van der Waals surface area contributed by atoms with Crippen LogP contribution in [0.5, 0.6) is 5.88 Å². The zero-order valence-electron chi connectivity index (χ0n) is 19.5. The summed E-state index contributed by atoms with van der Waals surface area (Å²) in [5.74, 6) is -2.25. The Balaban J connectivity index is 1.99. The van der Waals surface area contributed by atoms with Gasteiger partial charge in [0.2, 0.25) is 11.5 Å². The minimum Gasteiger partial charge on any atom is -0.477 e. The molecule has 0 bridgehead atoms. The van der Waals surface area contributed by atoms with E-state index in [9.17, 15) is 26.3 Å². The normalized spacial score (nSPS) is 13.7. The predicted molar refractivity (Wildman–Crippen MR) is 121 cm³/mol. The summed E-state index contributed by atoms with van der Waals surface area (Å²) in [6.45, 7) is 6.37. The number of hydrogen-bond donors (Lipinski definition) is 0. The summed E-state index contributed by atoms with van der Waals surface area (Å²) in [7, 11) is 0. The first-order valence-corrected chi connectivity index (χ1v) is 11.0. The van der Waals surface area contributed by atoms with Crippen molar-refractivity contribution < 1.29 is 40.2 Å². The maximum absolute atomic E-state index is 14.3. The summed E-state index contributed by atoms with van der Waals surface area (Å²) in [5, 5.41) is 7.13. The molecule has 0 radical (unpaired) electrons. The van der Waals surface area contributed by atoms with E-state index in [-0.39, 0.29) is 12.3 Å². The van der Waals surface area contributed by atoms with Gasteiger partial charge in [-0.25, -0.2) is 4.98 Å². The second-order valence-corrected chi connectivity index (χ2v) is 7.83. The van der Waals surface area contributed by atoms with Crippen LogP contribution >= 0.6 is 0 Å². The highest BCUT2D eigenvalue weighted by Gasteiger charge is 2.60. The maximum Gasteiger partial charge on any atom is 0.426 e. The number of hydrogen-bond acceptors (Lipinski definition) is 6. The van der Waals surface area contributed by atoms with Gasteiger partial charge in [0, 0.05) is 6.42 Å². The van der Waals surface area contributed by atoms with Crippen LogP contribution in [0.15, 0.2) is 72.2 Å². The smallest absolute Gasteiger partial charge is 0.426 e. The maximum atomic E-state index is 14.3. The van der Waals surface area contributed by atoms with Gasteiger partial charge in [0.15, 0.2) is 0 Å². The third kappa shape index (κ3) is 6.56. The van der Waals surface area contributed by atoms with Gasteiger partial charge in [-0.3, -0.25) is 0 Å². The lowest BCUT2D eigenvalue weighted by molar-refractivity contribution is -0.295. The molecular formula is C25H23F6N3O3. The van der Waals surface area contributed by atoms with Crippen LogP contribution in [0.1, 0.15) is 36.3 Å². The first-order valence-electron chi connectivity index (χ1n) is 11.0. The van der Waals surface area contributed by atoms with E-state index < -0.39 is 54.2 Å². The first kappa shape index (κ1) is 27.9. The lowest BCUT2D eigenvalue weighted by Gasteiger charge is -2.31. The third-order valence-electron chi connectivity index (χ3n) is 5.16. The molecule has 6 nitrogen and oxygen atoms in total. The van der Waals surface area contributed by atoms with Gasteiger partial charge < -0.3 is 13.9 Å². The molecule has 1 aromatic carbocycles. The molecular weight excluding hydrogens is 504 g/mol. The average molecular weight is 527 g/mol. The number of rotatable bonds is 12. The second kappa shape index (κ2) is 11.6. The monoisotopic (exact) mass is 527 g/mol. The molecule has 0 aliphatic rings. The van der Waals surface area contributed by atoms with Crippen LogP contribution in [0.3, 0.4) is 0 Å². The molecule has 0 N–H and O–H groups in total. The predicted octanol–water partition coefficient (Wildman–Crippen LogP) is 7.05. The van der Waals surface area contributed by atoms with E-state index in [4.69, 9.17) is 13.9 Å². The molecule has 3 aromatic rings. The number of allylic oxidation sites excluding steroid dienone is 1. The number of ether oxygens (including phenoxy) is 2. The summed E-state index contributed by atoms with van der Waals surface area (Å²) in [6, 6.07) is 9.72. The van der Waals surface area contributed by atoms with Crippen molar-refractivity contribution >= 4 is 0 Å². The van der Waals surface area contributed by atoms with E-state index in [1.807, 2.05) is 0 Å². The van der Waals surface area contributed by atoms with Crippen LogP contribution in [0, 0.1) is 0 Å². The van der Waals surface area contributed by atoms with Gasteiger partial charge >= 0.3 is 12.4 Å². The van der Waals surface area contributed by atoms with Crippen molar-refractivity contribution in [3.05, 3.63) is 84.8 Å². The van der Waals surface area contributed by atoms with Gasteiger partial charge in [-0.1, -0.05) is 42.5 Å². The highest BCUT2D eigenvalue weighted by atomic mass is 19.4. The Labute approximate surface area is 208 Å². The van der Waals surface area contributed by atoms with Crippen LogP contribution in [0.25, 0.3) is 11.6 Å².